The van der Waals surface area contributed by atoms with E-state index in [0.29, 0.717) is 0 Å². The number of phenolic OH excluding ortho intramolecular Hbond substituents is 1. The number of nitrogens with zero attached hydrogens (tertiary/aromatic N) is 3. The SMILES string of the molecule is COc1ccc(N=Nc2c(S(=O)(=O)O)cc3cc(N)ccc3c2O)c(S(=O)(=O)O)c1.N=[N+]=N. The molecule has 0 bridgehead atoms. The Hall–Kier alpha value is -3.95. The molecule has 174 valence electrons. The third kappa shape index (κ3) is 5.85. The van der Waals surface area contributed by atoms with Gasteiger partial charge in [0.2, 0.25) is 4.91 Å². The number of phenols is 1. The quantitative estimate of drug-likeness (QED) is 0.131. The Labute approximate surface area is 186 Å². The minimum Gasteiger partial charge on any atom is -0.505 e. The van der Waals surface area contributed by atoms with Crippen LogP contribution in [-0.4, -0.2) is 38.2 Å². The Morgan fingerprint density at radius 1 is 0.939 bits per heavy atom. The molecule has 0 spiro atoms. The van der Waals surface area contributed by atoms with Crippen molar-refractivity contribution in [2.45, 2.75) is 9.79 Å². The van der Waals surface area contributed by atoms with E-state index in [2.05, 4.69) is 10.2 Å². The van der Waals surface area contributed by atoms with Gasteiger partial charge in [-0.05, 0) is 41.8 Å². The zero-order valence-electron chi connectivity index (χ0n) is 16.7. The molecule has 0 aliphatic carbocycles. The van der Waals surface area contributed by atoms with Crippen molar-refractivity contribution in [2.75, 3.05) is 12.8 Å². The molecule has 0 aliphatic rings. The Balaban J connectivity index is 0.00000122. The van der Waals surface area contributed by atoms with Gasteiger partial charge in [0.15, 0.2) is 5.75 Å². The van der Waals surface area contributed by atoms with Crippen LogP contribution in [0.5, 0.6) is 11.5 Å². The van der Waals surface area contributed by atoms with Crippen molar-refractivity contribution in [3.8, 4) is 11.5 Å². The van der Waals surface area contributed by atoms with Crippen LogP contribution >= 0.6 is 0 Å². The lowest BCUT2D eigenvalue weighted by Gasteiger charge is -2.09. The third-order valence-electron chi connectivity index (χ3n) is 4.06. The largest absolute Gasteiger partial charge is 0.505 e. The number of rotatable bonds is 5. The molecule has 0 fully saturated rings. The highest BCUT2D eigenvalue weighted by Gasteiger charge is 2.23. The van der Waals surface area contributed by atoms with Gasteiger partial charge in [0.25, 0.3) is 20.2 Å². The third-order valence-corrected chi connectivity index (χ3v) is 5.81. The monoisotopic (exact) mass is 497 g/mol. The number of nitrogens with one attached hydrogen (secondary N) is 2. The molecule has 7 N–H and O–H groups in total. The Morgan fingerprint density at radius 2 is 1.55 bits per heavy atom. The van der Waals surface area contributed by atoms with Gasteiger partial charge in [0.05, 0.1) is 7.11 Å². The number of nitrogens with two attached hydrogens (primary N) is 1. The van der Waals surface area contributed by atoms with E-state index in [0.717, 1.165) is 18.2 Å². The van der Waals surface area contributed by atoms with Crippen molar-refractivity contribution in [3.05, 3.63) is 42.5 Å². The van der Waals surface area contributed by atoms with Gasteiger partial charge in [-0.2, -0.15) is 16.8 Å². The van der Waals surface area contributed by atoms with Crippen molar-refractivity contribution >= 4 is 48.1 Å². The van der Waals surface area contributed by atoms with E-state index in [1.165, 1.54) is 31.4 Å². The molecule has 16 heteroatoms. The number of hydrogen-bond donors (Lipinski definition) is 6. The predicted molar refractivity (Wildman–Crippen MR) is 114 cm³/mol. The molecule has 0 aromatic heterocycles. The van der Waals surface area contributed by atoms with Gasteiger partial charge in [-0.3, -0.25) is 9.11 Å². The molecule has 3 aromatic rings. The van der Waals surface area contributed by atoms with Crippen molar-refractivity contribution in [3.63, 3.8) is 0 Å². The Morgan fingerprint density at radius 3 is 2.09 bits per heavy atom. The lowest BCUT2D eigenvalue weighted by atomic mass is 10.1. The topological polar surface area (TPSA) is 251 Å². The summed E-state index contributed by atoms with van der Waals surface area (Å²) in [5, 5.41) is 18.2. The van der Waals surface area contributed by atoms with Gasteiger partial charge in [-0.25, -0.2) is 0 Å². The zero-order chi connectivity index (χ0) is 25.0. The second-order valence-electron chi connectivity index (χ2n) is 6.15. The van der Waals surface area contributed by atoms with Crippen LogP contribution in [0.1, 0.15) is 0 Å². The molecule has 0 saturated heterocycles. The molecule has 0 saturated carbocycles. The number of azo groups is 1. The van der Waals surface area contributed by atoms with Crippen LogP contribution in [0.4, 0.5) is 17.1 Å². The van der Waals surface area contributed by atoms with Gasteiger partial charge in [0, 0.05) is 17.1 Å². The molecule has 0 atom stereocenters. The van der Waals surface area contributed by atoms with Crippen LogP contribution in [-0.2, 0) is 20.2 Å². The first-order valence-corrected chi connectivity index (χ1v) is 11.3. The highest BCUT2D eigenvalue weighted by atomic mass is 32.2. The van der Waals surface area contributed by atoms with Crippen LogP contribution in [0, 0.1) is 11.1 Å². The molecule has 0 radical (unpaired) electrons. The van der Waals surface area contributed by atoms with Gasteiger partial charge < -0.3 is 15.6 Å². The molecule has 33 heavy (non-hydrogen) atoms. The average molecular weight is 497 g/mol. The van der Waals surface area contributed by atoms with Crippen molar-refractivity contribution in [2.24, 2.45) is 10.2 Å². The van der Waals surface area contributed by atoms with E-state index in [4.69, 9.17) is 21.5 Å². The van der Waals surface area contributed by atoms with E-state index < -0.39 is 41.5 Å². The standard InChI is InChI=1S/C17H15N3O8S2.H2N3/c1-28-11-3-5-13(14(8-11)29(22,23)24)19-20-16-15(30(25,26)27)7-9-6-10(18)2-4-12(9)17(16)21;1-3-2/h2-8,21H,18H2,1H3,(H,22,23,24)(H,25,26,27);1-2H/q;+1. The summed E-state index contributed by atoms with van der Waals surface area (Å²) in [4.78, 5) is 0.566. The number of hydrogen-bond acceptors (Lipinski definition) is 11. The van der Waals surface area contributed by atoms with Crippen molar-refractivity contribution in [1.82, 2.24) is 4.91 Å². The summed E-state index contributed by atoms with van der Waals surface area (Å²) >= 11 is 0. The number of ether oxygens (including phenoxy) is 1. The maximum atomic E-state index is 11.8. The maximum Gasteiger partial charge on any atom is 0.296 e. The molecule has 0 unspecified atom stereocenters. The molecule has 3 aromatic carbocycles. The second-order valence-corrected chi connectivity index (χ2v) is 8.93. The Bertz CT molecular complexity index is 1500. The van der Waals surface area contributed by atoms with Gasteiger partial charge in [0.1, 0.15) is 38.0 Å². The van der Waals surface area contributed by atoms with E-state index in [9.17, 15) is 31.0 Å². The van der Waals surface area contributed by atoms with Gasteiger partial charge >= 0.3 is 0 Å². The number of anilines is 1. The minimum absolute atomic E-state index is 0.103. The smallest absolute Gasteiger partial charge is 0.296 e. The number of methoxy groups -OCH3 is 1. The Kier molecular flexibility index (Phi) is 7.42. The van der Waals surface area contributed by atoms with Crippen LogP contribution < -0.4 is 15.4 Å². The molecule has 3 rings (SSSR count). The zero-order valence-corrected chi connectivity index (χ0v) is 18.3. The average Bonchev–Trinajstić information content (AvgIpc) is 2.72. The first-order valence-electron chi connectivity index (χ1n) is 8.46. The summed E-state index contributed by atoms with van der Waals surface area (Å²) in [5.74, 6) is -0.530. The summed E-state index contributed by atoms with van der Waals surface area (Å²) in [6.45, 7) is 0. The lowest BCUT2D eigenvalue weighted by molar-refractivity contribution is 0.412. The number of benzene rings is 3. The van der Waals surface area contributed by atoms with Crippen molar-refractivity contribution in [1.29, 1.82) is 11.1 Å². The predicted octanol–water partition coefficient (Wildman–Crippen LogP) is 3.16. The number of fused-ring (bicyclic) bond motifs is 1. The van der Waals surface area contributed by atoms with Crippen molar-refractivity contribution < 1.29 is 35.8 Å². The fourth-order valence-electron chi connectivity index (χ4n) is 2.68. The van der Waals surface area contributed by atoms with Gasteiger partial charge in [-0.15, -0.1) is 10.2 Å². The van der Waals surface area contributed by atoms with E-state index in [1.807, 2.05) is 4.91 Å². The summed E-state index contributed by atoms with van der Waals surface area (Å²) in [6.07, 6.45) is 0. The molecule has 14 nitrogen and oxygen atoms in total. The van der Waals surface area contributed by atoms with Crippen LogP contribution in [0.25, 0.3) is 10.8 Å². The first kappa shape index (κ1) is 25.3. The summed E-state index contributed by atoms with van der Waals surface area (Å²) in [7, 11) is -8.31. The summed E-state index contributed by atoms with van der Waals surface area (Å²) in [6, 6.07) is 8.74. The highest BCUT2D eigenvalue weighted by molar-refractivity contribution is 7.86. The first-order chi connectivity index (χ1) is 15.3. The molecular formula is C17H17N6O8S2+. The maximum absolute atomic E-state index is 11.8. The van der Waals surface area contributed by atoms with Gasteiger partial charge in [-0.1, -0.05) is 0 Å². The molecule has 0 amide bonds. The van der Waals surface area contributed by atoms with E-state index in [1.54, 1.807) is 0 Å². The highest BCUT2D eigenvalue weighted by Crippen LogP contribution is 2.42. The minimum atomic E-state index is -4.86. The van der Waals surface area contributed by atoms with Crippen LogP contribution in [0.3, 0.4) is 0 Å². The van der Waals surface area contributed by atoms with Crippen LogP contribution in [0.15, 0.2) is 62.5 Å². The van der Waals surface area contributed by atoms with Crippen LogP contribution in [0.2, 0.25) is 0 Å². The number of aromatic hydroxyl groups is 1. The molecule has 0 heterocycles. The van der Waals surface area contributed by atoms with E-state index >= 15 is 0 Å². The summed E-state index contributed by atoms with van der Waals surface area (Å²) < 4.78 is 70.8. The second kappa shape index (κ2) is 9.68. The fraction of sp³-hybridized carbons (Fsp3) is 0.0588. The fourth-order valence-corrected chi connectivity index (χ4v) is 3.97. The normalized spacial score (nSPS) is 11.6. The lowest BCUT2D eigenvalue weighted by Crippen LogP contribution is -2.00. The van der Waals surface area contributed by atoms with E-state index in [-0.39, 0.29) is 27.9 Å². The molecule has 0 aliphatic heterocycles. The molecular weight excluding hydrogens is 480 g/mol. The summed E-state index contributed by atoms with van der Waals surface area (Å²) in [5.41, 5.74) is 15.9. The number of nitrogen functional groups attached to an aromatic ring is 1.